The normalized spacial score (nSPS) is 11.4. The van der Waals surface area contributed by atoms with Crippen molar-refractivity contribution < 1.29 is 4.79 Å². The molecule has 0 atom stereocenters. The summed E-state index contributed by atoms with van der Waals surface area (Å²) < 4.78 is 1.40. The highest BCUT2D eigenvalue weighted by Crippen LogP contribution is 2.18. The van der Waals surface area contributed by atoms with Crippen LogP contribution in [0.4, 0.5) is 5.95 Å². The summed E-state index contributed by atoms with van der Waals surface area (Å²) in [7, 11) is 1.59. The summed E-state index contributed by atoms with van der Waals surface area (Å²) in [5.74, 6) is 0.134. The summed E-state index contributed by atoms with van der Waals surface area (Å²) >= 11 is 0. The lowest BCUT2D eigenvalue weighted by Crippen LogP contribution is -2.38. The number of tetrazole rings is 1. The summed E-state index contributed by atoms with van der Waals surface area (Å²) in [6.45, 7) is 3.95. The molecule has 7 nitrogen and oxygen atoms in total. The Labute approximate surface area is 81.7 Å². The average molecular weight is 198 g/mol. The number of nitrogens with zero attached hydrogens (tertiary/aromatic N) is 4. The van der Waals surface area contributed by atoms with Crippen molar-refractivity contribution in [3.63, 3.8) is 0 Å². The molecule has 1 rings (SSSR count). The third-order valence-corrected chi connectivity index (χ3v) is 1.95. The first kappa shape index (κ1) is 10.4. The third kappa shape index (κ3) is 1.98. The molecule has 0 aliphatic carbocycles. The van der Waals surface area contributed by atoms with Crippen LogP contribution < -0.4 is 11.1 Å². The quantitative estimate of drug-likeness (QED) is 0.651. The molecule has 1 amide bonds. The summed E-state index contributed by atoms with van der Waals surface area (Å²) in [6, 6.07) is 0. The van der Waals surface area contributed by atoms with E-state index < -0.39 is 5.41 Å². The standard InChI is InChI=1S/C7H14N6O/c1-7(2,5(14)9-3)4-13-6(8)10-11-12-13/h4H2,1-3H3,(H,9,14)(H2,8,10,12). The van der Waals surface area contributed by atoms with Gasteiger partial charge in [0.2, 0.25) is 11.9 Å². The van der Waals surface area contributed by atoms with E-state index in [1.807, 2.05) is 0 Å². The fourth-order valence-electron chi connectivity index (χ4n) is 1.11. The zero-order chi connectivity index (χ0) is 10.8. The number of nitrogen functional groups attached to an aromatic ring is 1. The molecule has 0 aliphatic rings. The van der Waals surface area contributed by atoms with Crippen LogP contribution in [0.5, 0.6) is 0 Å². The van der Waals surface area contributed by atoms with Crippen LogP contribution >= 0.6 is 0 Å². The van der Waals surface area contributed by atoms with Crippen molar-refractivity contribution in [3.8, 4) is 0 Å². The van der Waals surface area contributed by atoms with Crippen molar-refractivity contribution in [2.75, 3.05) is 12.8 Å². The smallest absolute Gasteiger partial charge is 0.240 e. The molecule has 1 heterocycles. The maximum atomic E-state index is 11.4. The fraction of sp³-hybridized carbons (Fsp3) is 0.714. The first-order chi connectivity index (χ1) is 6.47. The van der Waals surface area contributed by atoms with Crippen LogP contribution in [0, 0.1) is 5.41 Å². The van der Waals surface area contributed by atoms with Crippen LogP contribution in [-0.2, 0) is 11.3 Å². The lowest BCUT2D eigenvalue weighted by atomic mass is 9.92. The van der Waals surface area contributed by atoms with E-state index in [2.05, 4.69) is 20.8 Å². The zero-order valence-corrected chi connectivity index (χ0v) is 8.48. The monoisotopic (exact) mass is 198 g/mol. The predicted octanol–water partition coefficient (Wildman–Crippen LogP) is -0.972. The van der Waals surface area contributed by atoms with Crippen LogP contribution in [0.1, 0.15) is 13.8 Å². The topological polar surface area (TPSA) is 98.7 Å². The number of nitrogens with two attached hydrogens (primary N) is 1. The summed E-state index contributed by atoms with van der Waals surface area (Å²) in [6.07, 6.45) is 0. The van der Waals surface area contributed by atoms with Crippen molar-refractivity contribution in [1.82, 2.24) is 25.5 Å². The molecule has 78 valence electrons. The first-order valence-corrected chi connectivity index (χ1v) is 4.21. The molecule has 0 aromatic carbocycles. The predicted molar refractivity (Wildman–Crippen MR) is 50.1 cm³/mol. The van der Waals surface area contributed by atoms with Gasteiger partial charge in [0, 0.05) is 7.05 Å². The number of rotatable bonds is 3. The second-order valence-electron chi connectivity index (χ2n) is 3.66. The molecule has 0 saturated heterocycles. The van der Waals surface area contributed by atoms with Crippen molar-refractivity contribution in [2.24, 2.45) is 5.41 Å². The Kier molecular flexibility index (Phi) is 2.68. The molecule has 0 fully saturated rings. The summed E-state index contributed by atoms with van der Waals surface area (Å²) in [5, 5.41) is 13.2. The number of hydrogen-bond donors (Lipinski definition) is 2. The van der Waals surface area contributed by atoms with Gasteiger partial charge < -0.3 is 11.1 Å². The Hall–Kier alpha value is -1.66. The van der Waals surface area contributed by atoms with Gasteiger partial charge in [-0.05, 0) is 24.3 Å². The van der Waals surface area contributed by atoms with E-state index in [0.29, 0.717) is 6.54 Å². The van der Waals surface area contributed by atoms with Crippen molar-refractivity contribution in [1.29, 1.82) is 0 Å². The van der Waals surface area contributed by atoms with Crippen molar-refractivity contribution in [2.45, 2.75) is 20.4 Å². The van der Waals surface area contributed by atoms with Gasteiger partial charge in [0.1, 0.15) is 0 Å². The molecule has 1 aromatic rings. The molecule has 1 aromatic heterocycles. The Morgan fingerprint density at radius 3 is 2.71 bits per heavy atom. The van der Waals surface area contributed by atoms with E-state index >= 15 is 0 Å². The molecule has 0 unspecified atom stereocenters. The summed E-state index contributed by atoms with van der Waals surface area (Å²) in [4.78, 5) is 11.4. The van der Waals surface area contributed by atoms with Gasteiger partial charge >= 0.3 is 0 Å². The third-order valence-electron chi connectivity index (χ3n) is 1.95. The largest absolute Gasteiger partial charge is 0.367 e. The van der Waals surface area contributed by atoms with Crippen molar-refractivity contribution >= 4 is 11.9 Å². The molecule has 0 saturated carbocycles. The minimum Gasteiger partial charge on any atom is -0.367 e. The van der Waals surface area contributed by atoms with Gasteiger partial charge in [-0.25, -0.2) is 4.68 Å². The highest BCUT2D eigenvalue weighted by atomic mass is 16.2. The molecular formula is C7H14N6O. The second kappa shape index (κ2) is 3.60. The highest BCUT2D eigenvalue weighted by Gasteiger charge is 2.28. The van der Waals surface area contributed by atoms with E-state index in [1.165, 1.54) is 4.68 Å². The molecular weight excluding hydrogens is 184 g/mol. The Balaban J connectivity index is 2.78. The van der Waals surface area contributed by atoms with Gasteiger partial charge in [-0.15, -0.1) is 0 Å². The maximum absolute atomic E-state index is 11.4. The van der Waals surface area contributed by atoms with E-state index in [-0.39, 0.29) is 11.9 Å². The lowest BCUT2D eigenvalue weighted by Gasteiger charge is -2.21. The van der Waals surface area contributed by atoms with Crippen LogP contribution in [0.3, 0.4) is 0 Å². The number of anilines is 1. The molecule has 14 heavy (non-hydrogen) atoms. The molecule has 0 radical (unpaired) electrons. The minimum atomic E-state index is -0.585. The van der Waals surface area contributed by atoms with Crippen LogP contribution in [0.15, 0.2) is 0 Å². The second-order valence-corrected chi connectivity index (χ2v) is 3.66. The van der Waals surface area contributed by atoms with E-state index in [0.717, 1.165) is 0 Å². The maximum Gasteiger partial charge on any atom is 0.240 e. The van der Waals surface area contributed by atoms with Gasteiger partial charge in [-0.2, -0.15) is 0 Å². The zero-order valence-electron chi connectivity index (χ0n) is 8.48. The molecule has 7 heteroatoms. The SMILES string of the molecule is CNC(=O)C(C)(C)Cn1nnnc1N. The number of amides is 1. The Morgan fingerprint density at radius 2 is 2.29 bits per heavy atom. The lowest BCUT2D eigenvalue weighted by molar-refractivity contribution is -0.129. The molecule has 0 aliphatic heterocycles. The van der Waals surface area contributed by atoms with Crippen LogP contribution in [0.2, 0.25) is 0 Å². The number of nitrogens with one attached hydrogen (secondary N) is 1. The van der Waals surface area contributed by atoms with Crippen molar-refractivity contribution in [3.05, 3.63) is 0 Å². The molecule has 3 N–H and O–H groups in total. The minimum absolute atomic E-state index is 0.0765. The number of carbonyl (C=O) groups is 1. The number of aromatic nitrogens is 4. The average Bonchev–Trinajstić information content (AvgIpc) is 2.50. The van der Waals surface area contributed by atoms with E-state index in [9.17, 15) is 4.79 Å². The Bertz CT molecular complexity index is 331. The van der Waals surface area contributed by atoms with E-state index in [1.54, 1.807) is 20.9 Å². The van der Waals surface area contributed by atoms with Gasteiger partial charge in [0.05, 0.1) is 12.0 Å². The highest BCUT2D eigenvalue weighted by molar-refractivity contribution is 5.81. The molecule has 0 spiro atoms. The van der Waals surface area contributed by atoms with Gasteiger partial charge in [-0.3, -0.25) is 4.79 Å². The number of hydrogen-bond acceptors (Lipinski definition) is 5. The summed E-state index contributed by atoms with van der Waals surface area (Å²) in [5.41, 5.74) is 4.90. The fourth-order valence-corrected chi connectivity index (χ4v) is 1.11. The number of carbonyl (C=O) groups excluding carboxylic acids is 1. The van der Waals surface area contributed by atoms with Gasteiger partial charge in [0.25, 0.3) is 0 Å². The van der Waals surface area contributed by atoms with Gasteiger partial charge in [-0.1, -0.05) is 5.10 Å². The van der Waals surface area contributed by atoms with Crippen LogP contribution in [0.25, 0.3) is 0 Å². The van der Waals surface area contributed by atoms with Crippen LogP contribution in [-0.4, -0.2) is 33.2 Å². The Morgan fingerprint density at radius 1 is 1.64 bits per heavy atom. The first-order valence-electron chi connectivity index (χ1n) is 4.21. The van der Waals surface area contributed by atoms with Gasteiger partial charge in [0.15, 0.2) is 0 Å². The molecule has 0 bridgehead atoms. The van der Waals surface area contributed by atoms with E-state index in [4.69, 9.17) is 5.73 Å².